The molecule has 0 spiro atoms. The zero-order valence-electron chi connectivity index (χ0n) is 2.76. The molecule has 2 nitrogen and oxygen atoms in total. The second-order valence-electron chi connectivity index (χ2n) is 0.453. The SMILES string of the molecule is CNS(O)=S. The summed E-state index contributed by atoms with van der Waals surface area (Å²) in [6, 6.07) is 0. The van der Waals surface area contributed by atoms with Crippen molar-refractivity contribution in [2.45, 2.75) is 0 Å². The van der Waals surface area contributed by atoms with Crippen LogP contribution in [0.4, 0.5) is 0 Å². The van der Waals surface area contributed by atoms with Gasteiger partial charge in [-0.3, -0.25) is 0 Å². The maximum atomic E-state index is 8.09. The summed E-state index contributed by atoms with van der Waals surface area (Å²) < 4.78 is 10.5. The van der Waals surface area contributed by atoms with Crippen LogP contribution >= 0.6 is 0 Å². The van der Waals surface area contributed by atoms with Crippen LogP contribution in [0.3, 0.4) is 0 Å². The lowest BCUT2D eigenvalue weighted by Crippen LogP contribution is -2.05. The van der Waals surface area contributed by atoms with Gasteiger partial charge in [0.05, 0.1) is 9.92 Å². The first kappa shape index (κ1) is 5.49. The quantitative estimate of drug-likeness (QED) is 0.486. The van der Waals surface area contributed by atoms with Crippen LogP contribution in [-0.4, -0.2) is 11.6 Å². The van der Waals surface area contributed by atoms with Gasteiger partial charge in [0.25, 0.3) is 0 Å². The molecule has 0 saturated carbocycles. The van der Waals surface area contributed by atoms with Gasteiger partial charge >= 0.3 is 0 Å². The maximum Gasteiger partial charge on any atom is 0.0778 e. The Balaban J connectivity index is 2.85. The van der Waals surface area contributed by atoms with Crippen LogP contribution in [-0.2, 0) is 21.1 Å². The molecule has 0 aliphatic rings. The summed E-state index contributed by atoms with van der Waals surface area (Å²) in [5.41, 5.74) is 0. The predicted octanol–water partition coefficient (Wildman–Crippen LogP) is -0.326. The van der Waals surface area contributed by atoms with Gasteiger partial charge in [-0.1, -0.05) is 0 Å². The van der Waals surface area contributed by atoms with Crippen LogP contribution < -0.4 is 4.72 Å². The van der Waals surface area contributed by atoms with Crippen LogP contribution in [0.25, 0.3) is 0 Å². The lowest BCUT2D eigenvalue weighted by Gasteiger charge is -1.82. The van der Waals surface area contributed by atoms with Crippen molar-refractivity contribution < 1.29 is 4.55 Å². The first-order valence-corrected chi connectivity index (χ1v) is 3.16. The molecular formula is CH5NOS2. The largest absolute Gasteiger partial charge is 0.315 e. The Hall–Kier alpha value is 0.490. The van der Waals surface area contributed by atoms with E-state index in [-0.39, 0.29) is 0 Å². The van der Waals surface area contributed by atoms with Gasteiger partial charge in [-0.05, 0) is 18.2 Å². The van der Waals surface area contributed by atoms with Crippen LogP contribution in [0.5, 0.6) is 0 Å². The van der Waals surface area contributed by atoms with Gasteiger partial charge in [0, 0.05) is 0 Å². The van der Waals surface area contributed by atoms with Gasteiger partial charge in [-0.2, -0.15) is 0 Å². The van der Waals surface area contributed by atoms with Crippen molar-refractivity contribution in [3.63, 3.8) is 0 Å². The summed E-state index contributed by atoms with van der Waals surface area (Å²) in [5, 5.41) is 0. The average Bonchev–Trinajstić information content (AvgIpc) is 1.38. The van der Waals surface area contributed by atoms with E-state index in [0.29, 0.717) is 0 Å². The molecule has 0 rings (SSSR count). The van der Waals surface area contributed by atoms with Gasteiger partial charge in [-0.15, -0.1) is 0 Å². The normalized spacial score (nSPS) is 14.8. The minimum absolute atomic E-state index is 0.989. The molecule has 0 heterocycles. The average molecular weight is 111 g/mol. The van der Waals surface area contributed by atoms with Crippen molar-refractivity contribution >= 4 is 21.1 Å². The van der Waals surface area contributed by atoms with E-state index in [1.165, 1.54) is 0 Å². The molecule has 0 aliphatic heterocycles. The molecule has 0 fully saturated rings. The standard InChI is InChI=1S/CH5NOS2/c1-2-5(3)4/h2H,1H3,(H,3,4). The fraction of sp³-hybridized carbons (Fsp3) is 1.00. The topological polar surface area (TPSA) is 32.3 Å². The van der Waals surface area contributed by atoms with Crippen LogP contribution in [0.2, 0.25) is 0 Å². The van der Waals surface area contributed by atoms with Crippen molar-refractivity contribution in [1.29, 1.82) is 0 Å². The molecule has 0 bridgehead atoms. The van der Waals surface area contributed by atoms with Crippen molar-refractivity contribution in [2.24, 2.45) is 0 Å². The maximum absolute atomic E-state index is 8.09. The van der Waals surface area contributed by atoms with E-state index in [1.807, 2.05) is 0 Å². The first-order valence-electron chi connectivity index (χ1n) is 1.05. The summed E-state index contributed by atoms with van der Waals surface area (Å²) in [6.07, 6.45) is 0. The van der Waals surface area contributed by atoms with Crippen LogP contribution in [0.15, 0.2) is 0 Å². The summed E-state index contributed by atoms with van der Waals surface area (Å²) >= 11 is 4.25. The Labute approximate surface area is 38.1 Å². The minimum atomic E-state index is -0.989. The predicted molar refractivity (Wildman–Crippen MR) is 26.4 cm³/mol. The third-order valence-electron chi connectivity index (χ3n) is 0.175. The van der Waals surface area contributed by atoms with E-state index in [9.17, 15) is 0 Å². The number of nitrogens with one attached hydrogen (secondary N) is 1. The molecule has 2 N–H and O–H groups in total. The van der Waals surface area contributed by atoms with Crippen LogP contribution in [0.1, 0.15) is 0 Å². The molecule has 1 unspecified atom stereocenters. The molecule has 5 heavy (non-hydrogen) atoms. The van der Waals surface area contributed by atoms with Crippen molar-refractivity contribution in [3.05, 3.63) is 0 Å². The number of hydrogen-bond donors (Lipinski definition) is 2. The summed E-state index contributed by atoms with van der Waals surface area (Å²) in [5.74, 6) is 0. The highest BCUT2D eigenvalue weighted by Gasteiger charge is 1.66. The van der Waals surface area contributed by atoms with Crippen molar-refractivity contribution in [3.8, 4) is 0 Å². The van der Waals surface area contributed by atoms with E-state index in [0.717, 1.165) is 0 Å². The summed E-state index contributed by atoms with van der Waals surface area (Å²) in [6.45, 7) is 0. The monoisotopic (exact) mass is 111 g/mol. The van der Waals surface area contributed by atoms with E-state index >= 15 is 0 Å². The Morgan fingerprint density at radius 3 is 2.20 bits per heavy atom. The molecule has 0 aromatic heterocycles. The highest BCUT2D eigenvalue weighted by Crippen LogP contribution is 1.50. The van der Waals surface area contributed by atoms with E-state index in [2.05, 4.69) is 15.9 Å². The zero-order valence-corrected chi connectivity index (χ0v) is 4.40. The Bertz CT molecular complexity index is 44.9. The Morgan fingerprint density at radius 1 is 2.00 bits per heavy atom. The molecule has 0 aliphatic carbocycles. The van der Waals surface area contributed by atoms with Gasteiger partial charge in [-0.25, -0.2) is 4.72 Å². The molecule has 4 heteroatoms. The van der Waals surface area contributed by atoms with E-state index in [1.54, 1.807) is 7.05 Å². The van der Waals surface area contributed by atoms with E-state index < -0.39 is 9.92 Å². The minimum Gasteiger partial charge on any atom is -0.315 e. The van der Waals surface area contributed by atoms with Crippen molar-refractivity contribution in [2.75, 3.05) is 7.05 Å². The van der Waals surface area contributed by atoms with Gasteiger partial charge < -0.3 is 4.55 Å². The summed E-state index contributed by atoms with van der Waals surface area (Å²) in [4.78, 5) is 0. The lowest BCUT2D eigenvalue weighted by atomic mass is 11.6. The second-order valence-corrected chi connectivity index (χ2v) is 2.31. The molecule has 0 aromatic carbocycles. The smallest absolute Gasteiger partial charge is 0.0778 e. The fourth-order valence-corrected chi connectivity index (χ4v) is 0. The zero-order chi connectivity index (χ0) is 4.28. The highest BCUT2D eigenvalue weighted by atomic mass is 32.8. The van der Waals surface area contributed by atoms with Gasteiger partial charge in [0.1, 0.15) is 0 Å². The van der Waals surface area contributed by atoms with Crippen molar-refractivity contribution in [1.82, 2.24) is 4.72 Å². The van der Waals surface area contributed by atoms with Gasteiger partial charge in [0.15, 0.2) is 0 Å². The molecular weight excluding hydrogens is 106 g/mol. The van der Waals surface area contributed by atoms with Crippen LogP contribution in [0, 0.1) is 0 Å². The summed E-state index contributed by atoms with van der Waals surface area (Å²) in [7, 11) is 0.618. The lowest BCUT2D eigenvalue weighted by molar-refractivity contribution is 0.648. The van der Waals surface area contributed by atoms with E-state index in [4.69, 9.17) is 4.55 Å². The molecule has 1 atom stereocenters. The number of hydrogen-bond acceptors (Lipinski definition) is 1. The Morgan fingerprint density at radius 2 is 2.20 bits per heavy atom. The molecule has 32 valence electrons. The molecule has 0 radical (unpaired) electrons. The number of rotatable bonds is 1. The highest BCUT2D eigenvalue weighted by molar-refractivity contribution is 8.24. The van der Waals surface area contributed by atoms with Gasteiger partial charge in [0.2, 0.25) is 0 Å². The second kappa shape index (κ2) is 2.71. The Kier molecular flexibility index (Phi) is 2.98. The third kappa shape index (κ3) is 4.49. The fourth-order valence-electron chi connectivity index (χ4n) is 0. The molecule has 0 amide bonds. The molecule has 0 saturated heterocycles. The molecule has 0 aromatic rings. The third-order valence-corrected chi connectivity index (χ3v) is 1.02. The first-order chi connectivity index (χ1) is 2.27.